The highest BCUT2D eigenvalue weighted by Crippen LogP contribution is 2.32. The lowest BCUT2D eigenvalue weighted by Crippen LogP contribution is -2.00. The van der Waals surface area contributed by atoms with Gasteiger partial charge in [-0.15, -0.1) is 0 Å². The normalized spacial score (nSPS) is 12.0. The Hall–Kier alpha value is -1.87. The number of allylic oxidation sites excluding steroid dienone is 1. The minimum atomic E-state index is 0.365. The summed E-state index contributed by atoms with van der Waals surface area (Å²) in [4.78, 5) is 3.40. The van der Waals surface area contributed by atoms with Gasteiger partial charge in [0.05, 0.1) is 17.9 Å². The van der Waals surface area contributed by atoms with Crippen LogP contribution >= 0.6 is 11.6 Å². The Balaban J connectivity index is 2.17. The smallest absolute Gasteiger partial charge is 0.140 e. The average Bonchev–Trinajstić information content (AvgIpc) is 2.87. The summed E-state index contributed by atoms with van der Waals surface area (Å²) >= 11 is 6.30. The van der Waals surface area contributed by atoms with Crippen LogP contribution in [0.5, 0.6) is 5.75 Å². The quantitative estimate of drug-likeness (QED) is 0.569. The van der Waals surface area contributed by atoms with E-state index in [4.69, 9.17) is 21.1 Å². The fourth-order valence-corrected chi connectivity index (χ4v) is 2.36. The fourth-order valence-electron chi connectivity index (χ4n) is 2.14. The van der Waals surface area contributed by atoms with Crippen LogP contribution in [0.1, 0.15) is 32.4 Å². The third kappa shape index (κ3) is 3.86. The van der Waals surface area contributed by atoms with E-state index in [2.05, 4.69) is 31.5 Å². The second-order valence-corrected chi connectivity index (χ2v) is 6.06. The molecule has 0 aliphatic heterocycles. The van der Waals surface area contributed by atoms with Gasteiger partial charge in [0, 0.05) is 22.7 Å². The Labute approximate surface area is 136 Å². The second kappa shape index (κ2) is 6.93. The lowest BCUT2D eigenvalue weighted by atomic mass is 10.1. The van der Waals surface area contributed by atoms with Gasteiger partial charge >= 0.3 is 0 Å². The molecule has 2 rings (SSSR count). The first-order valence-corrected chi connectivity index (χ1v) is 7.63. The van der Waals surface area contributed by atoms with Gasteiger partial charge < -0.3 is 14.5 Å². The van der Waals surface area contributed by atoms with E-state index in [1.165, 1.54) is 5.69 Å². The molecule has 22 heavy (non-hydrogen) atoms. The molecule has 1 heterocycles. The van der Waals surface area contributed by atoms with Gasteiger partial charge in [-0.1, -0.05) is 32.0 Å². The number of hydrogen-bond donors (Lipinski definition) is 1. The standard InChI is InChI=1S/C18H22ClNO2/c1-11(2)16-8-14-7-15(19)18(9-17(14)20-16)22-10-12(3)6-13(4)21-5/h6-9,11,20H,3,10H2,1-2,4-5H3/b13-6-. The molecule has 0 aliphatic carbocycles. The summed E-state index contributed by atoms with van der Waals surface area (Å²) in [6.07, 6.45) is 1.85. The predicted octanol–water partition coefficient (Wildman–Crippen LogP) is 5.43. The van der Waals surface area contributed by atoms with Gasteiger partial charge in [-0.3, -0.25) is 0 Å². The maximum atomic E-state index is 6.30. The number of methoxy groups -OCH3 is 1. The fraction of sp³-hybridized carbons (Fsp3) is 0.333. The van der Waals surface area contributed by atoms with Crippen LogP contribution in [0.4, 0.5) is 0 Å². The molecule has 3 nitrogen and oxygen atoms in total. The summed E-state index contributed by atoms with van der Waals surface area (Å²) < 4.78 is 10.9. The van der Waals surface area contributed by atoms with Gasteiger partial charge in [0.25, 0.3) is 0 Å². The number of aromatic nitrogens is 1. The Bertz CT molecular complexity index is 713. The molecular formula is C18H22ClNO2. The minimum Gasteiger partial charge on any atom is -0.501 e. The summed E-state index contributed by atoms with van der Waals surface area (Å²) in [5, 5.41) is 1.69. The summed E-state index contributed by atoms with van der Waals surface area (Å²) in [6.45, 7) is 10.5. The third-order valence-corrected chi connectivity index (χ3v) is 3.75. The molecule has 4 heteroatoms. The molecular weight excluding hydrogens is 298 g/mol. The van der Waals surface area contributed by atoms with Crippen molar-refractivity contribution in [3.63, 3.8) is 0 Å². The van der Waals surface area contributed by atoms with E-state index in [0.717, 1.165) is 22.2 Å². The number of rotatable bonds is 6. The van der Waals surface area contributed by atoms with E-state index < -0.39 is 0 Å². The molecule has 0 aliphatic rings. The van der Waals surface area contributed by atoms with Gasteiger partial charge in [-0.05, 0) is 36.6 Å². The van der Waals surface area contributed by atoms with Gasteiger partial charge in [-0.2, -0.15) is 0 Å². The molecule has 1 aromatic carbocycles. The molecule has 118 valence electrons. The van der Waals surface area contributed by atoms with E-state index in [9.17, 15) is 0 Å². The Morgan fingerprint density at radius 3 is 2.73 bits per heavy atom. The number of H-pyrrole nitrogens is 1. The summed E-state index contributed by atoms with van der Waals surface area (Å²) in [5.74, 6) is 1.88. The minimum absolute atomic E-state index is 0.365. The zero-order valence-corrected chi connectivity index (χ0v) is 14.3. The van der Waals surface area contributed by atoms with Crippen molar-refractivity contribution in [2.45, 2.75) is 26.7 Å². The monoisotopic (exact) mass is 319 g/mol. The highest BCUT2D eigenvalue weighted by atomic mass is 35.5. The number of aromatic amines is 1. The topological polar surface area (TPSA) is 34.2 Å². The van der Waals surface area contributed by atoms with Crippen molar-refractivity contribution in [1.82, 2.24) is 4.98 Å². The molecule has 0 spiro atoms. The molecule has 0 radical (unpaired) electrons. The van der Waals surface area contributed by atoms with Crippen LogP contribution in [-0.4, -0.2) is 18.7 Å². The van der Waals surface area contributed by atoms with E-state index in [-0.39, 0.29) is 0 Å². The molecule has 0 unspecified atom stereocenters. The van der Waals surface area contributed by atoms with Crippen molar-refractivity contribution in [2.75, 3.05) is 13.7 Å². The highest BCUT2D eigenvalue weighted by molar-refractivity contribution is 6.32. The van der Waals surface area contributed by atoms with Crippen LogP contribution in [0.25, 0.3) is 10.9 Å². The molecule has 0 fully saturated rings. The predicted molar refractivity (Wildman–Crippen MR) is 92.8 cm³/mol. The van der Waals surface area contributed by atoms with E-state index >= 15 is 0 Å². The van der Waals surface area contributed by atoms with E-state index in [1.54, 1.807) is 7.11 Å². The first-order chi connectivity index (χ1) is 10.4. The number of benzene rings is 1. The number of nitrogens with one attached hydrogen (secondary N) is 1. The van der Waals surface area contributed by atoms with Crippen molar-refractivity contribution in [3.8, 4) is 5.75 Å². The van der Waals surface area contributed by atoms with Crippen molar-refractivity contribution in [2.24, 2.45) is 0 Å². The number of ether oxygens (including phenoxy) is 2. The molecule has 0 amide bonds. The Morgan fingerprint density at radius 1 is 1.36 bits per heavy atom. The highest BCUT2D eigenvalue weighted by Gasteiger charge is 2.09. The van der Waals surface area contributed by atoms with Crippen LogP contribution in [0.3, 0.4) is 0 Å². The zero-order chi connectivity index (χ0) is 16.3. The molecule has 1 N–H and O–H groups in total. The largest absolute Gasteiger partial charge is 0.501 e. The molecule has 0 bridgehead atoms. The molecule has 1 aromatic heterocycles. The van der Waals surface area contributed by atoms with Crippen LogP contribution < -0.4 is 4.74 Å². The van der Waals surface area contributed by atoms with Gasteiger partial charge in [-0.25, -0.2) is 0 Å². The van der Waals surface area contributed by atoms with Crippen LogP contribution in [0.15, 0.2) is 42.2 Å². The maximum Gasteiger partial charge on any atom is 0.140 e. The van der Waals surface area contributed by atoms with Crippen molar-refractivity contribution >= 4 is 22.5 Å². The van der Waals surface area contributed by atoms with Crippen LogP contribution in [0, 0.1) is 0 Å². The Morgan fingerprint density at radius 2 is 2.09 bits per heavy atom. The van der Waals surface area contributed by atoms with Crippen molar-refractivity contribution in [1.29, 1.82) is 0 Å². The SMILES string of the molecule is C=C(/C=C(/C)OC)COc1cc2[nH]c(C(C)C)cc2cc1Cl. The zero-order valence-electron chi connectivity index (χ0n) is 13.5. The van der Waals surface area contributed by atoms with Gasteiger partial charge in [0.2, 0.25) is 0 Å². The van der Waals surface area contributed by atoms with Crippen molar-refractivity contribution in [3.05, 3.63) is 52.9 Å². The van der Waals surface area contributed by atoms with Crippen LogP contribution in [-0.2, 0) is 4.74 Å². The third-order valence-electron chi connectivity index (χ3n) is 3.46. The van der Waals surface area contributed by atoms with Gasteiger partial charge in [0.1, 0.15) is 12.4 Å². The van der Waals surface area contributed by atoms with E-state index in [0.29, 0.717) is 23.3 Å². The first kappa shape index (κ1) is 16.5. The summed E-state index contributed by atoms with van der Waals surface area (Å²) in [5.41, 5.74) is 3.04. The van der Waals surface area contributed by atoms with Crippen LogP contribution in [0.2, 0.25) is 5.02 Å². The lowest BCUT2D eigenvalue weighted by Gasteiger charge is -2.09. The maximum absolute atomic E-state index is 6.30. The lowest BCUT2D eigenvalue weighted by molar-refractivity contribution is 0.291. The Kier molecular flexibility index (Phi) is 5.19. The number of hydrogen-bond acceptors (Lipinski definition) is 2. The molecule has 0 saturated heterocycles. The summed E-state index contributed by atoms with van der Waals surface area (Å²) in [6, 6.07) is 5.98. The molecule has 2 aromatic rings. The average molecular weight is 320 g/mol. The van der Waals surface area contributed by atoms with E-state index in [1.807, 2.05) is 25.1 Å². The molecule has 0 saturated carbocycles. The summed E-state index contributed by atoms with van der Waals surface area (Å²) in [7, 11) is 1.63. The van der Waals surface area contributed by atoms with Crippen molar-refractivity contribution < 1.29 is 9.47 Å². The first-order valence-electron chi connectivity index (χ1n) is 7.25. The molecule has 0 atom stereocenters. The number of fused-ring (bicyclic) bond motifs is 1. The number of halogens is 1. The second-order valence-electron chi connectivity index (χ2n) is 5.66. The van der Waals surface area contributed by atoms with Gasteiger partial charge in [0.15, 0.2) is 0 Å².